The molecule has 128 valence electrons. The van der Waals surface area contributed by atoms with E-state index in [-0.39, 0.29) is 12.5 Å². The highest BCUT2D eigenvalue weighted by Gasteiger charge is 2.04. The van der Waals surface area contributed by atoms with Crippen LogP contribution in [0.15, 0.2) is 61.1 Å². The Morgan fingerprint density at radius 3 is 2.60 bits per heavy atom. The molecule has 5 nitrogen and oxygen atoms in total. The first kappa shape index (κ1) is 17.0. The monoisotopic (exact) mass is 354 g/mol. The quantitative estimate of drug-likeness (QED) is 0.711. The zero-order chi connectivity index (χ0) is 17.6. The summed E-state index contributed by atoms with van der Waals surface area (Å²) in [5.41, 5.74) is 3.78. The van der Waals surface area contributed by atoms with Crippen molar-refractivity contribution in [2.45, 2.75) is 13.5 Å². The van der Waals surface area contributed by atoms with Gasteiger partial charge in [-0.05, 0) is 42.8 Å². The molecule has 1 aromatic heterocycles. The van der Waals surface area contributed by atoms with Crippen LogP contribution in [-0.2, 0) is 11.3 Å². The molecule has 0 saturated carbocycles. The van der Waals surface area contributed by atoms with Crippen molar-refractivity contribution < 1.29 is 4.79 Å². The van der Waals surface area contributed by atoms with E-state index in [2.05, 4.69) is 15.6 Å². The second kappa shape index (κ2) is 7.85. The highest BCUT2D eigenvalue weighted by Crippen LogP contribution is 2.15. The summed E-state index contributed by atoms with van der Waals surface area (Å²) in [6.07, 6.45) is 3.74. The number of hydrogen-bond donors (Lipinski definition) is 2. The summed E-state index contributed by atoms with van der Waals surface area (Å²) in [4.78, 5) is 16.2. The van der Waals surface area contributed by atoms with Gasteiger partial charge >= 0.3 is 0 Å². The third-order valence-electron chi connectivity index (χ3n) is 3.76. The lowest BCUT2D eigenvalue weighted by atomic mass is 10.2. The molecule has 0 aliphatic heterocycles. The van der Waals surface area contributed by atoms with Gasteiger partial charge in [-0.1, -0.05) is 29.8 Å². The molecule has 0 aliphatic carbocycles. The van der Waals surface area contributed by atoms with E-state index in [1.165, 1.54) is 0 Å². The fourth-order valence-electron chi connectivity index (χ4n) is 2.39. The molecule has 0 aliphatic rings. The number of amides is 1. The third kappa shape index (κ3) is 4.61. The van der Waals surface area contributed by atoms with Crippen molar-refractivity contribution in [1.29, 1.82) is 0 Å². The minimum Gasteiger partial charge on any atom is -0.376 e. The van der Waals surface area contributed by atoms with E-state index >= 15 is 0 Å². The second-order valence-corrected chi connectivity index (χ2v) is 6.10. The molecule has 25 heavy (non-hydrogen) atoms. The molecular weight excluding hydrogens is 336 g/mol. The molecule has 6 heteroatoms. The van der Waals surface area contributed by atoms with Crippen LogP contribution in [0.25, 0.3) is 5.69 Å². The number of hydrogen-bond acceptors (Lipinski definition) is 3. The van der Waals surface area contributed by atoms with Crippen LogP contribution < -0.4 is 10.6 Å². The van der Waals surface area contributed by atoms with Crippen molar-refractivity contribution in [3.05, 3.63) is 77.3 Å². The van der Waals surface area contributed by atoms with Crippen LogP contribution in [0.5, 0.6) is 0 Å². The molecule has 0 radical (unpaired) electrons. The minimum absolute atomic E-state index is 0.0887. The molecule has 3 aromatic rings. The Hall–Kier alpha value is -2.79. The van der Waals surface area contributed by atoms with Crippen molar-refractivity contribution in [2.75, 3.05) is 11.9 Å². The first-order valence-electron chi connectivity index (χ1n) is 7.97. The van der Waals surface area contributed by atoms with Crippen LogP contribution >= 0.6 is 11.6 Å². The van der Waals surface area contributed by atoms with Crippen LogP contribution in [0, 0.1) is 6.92 Å². The van der Waals surface area contributed by atoms with Gasteiger partial charge in [0, 0.05) is 29.1 Å². The molecule has 2 aromatic carbocycles. The zero-order valence-corrected chi connectivity index (χ0v) is 14.6. The SMILES string of the molecule is Cc1cn(-c2ccc(NCC(=O)NCc3ccccc3Cl)cc2)cn1. The molecule has 0 bridgehead atoms. The first-order valence-corrected chi connectivity index (χ1v) is 8.34. The molecule has 3 rings (SSSR count). The van der Waals surface area contributed by atoms with Gasteiger partial charge in [0.15, 0.2) is 0 Å². The Morgan fingerprint density at radius 1 is 1.16 bits per heavy atom. The number of imidazole rings is 1. The summed E-state index contributed by atoms with van der Waals surface area (Å²) in [5, 5.41) is 6.61. The van der Waals surface area contributed by atoms with Gasteiger partial charge in [-0.2, -0.15) is 0 Å². The Balaban J connectivity index is 1.49. The van der Waals surface area contributed by atoms with Gasteiger partial charge in [0.25, 0.3) is 0 Å². The van der Waals surface area contributed by atoms with E-state index in [4.69, 9.17) is 11.6 Å². The van der Waals surface area contributed by atoms with Gasteiger partial charge in [0.1, 0.15) is 0 Å². The number of aryl methyl sites for hydroxylation is 1. The van der Waals surface area contributed by atoms with Crippen LogP contribution in [0.4, 0.5) is 5.69 Å². The van der Waals surface area contributed by atoms with Crippen molar-refractivity contribution >= 4 is 23.2 Å². The average molecular weight is 355 g/mol. The van der Waals surface area contributed by atoms with Gasteiger partial charge in [-0.15, -0.1) is 0 Å². The summed E-state index contributed by atoms with van der Waals surface area (Å²) in [6.45, 7) is 2.57. The number of carbonyl (C=O) groups is 1. The lowest BCUT2D eigenvalue weighted by Crippen LogP contribution is -2.29. The van der Waals surface area contributed by atoms with Gasteiger partial charge in [-0.3, -0.25) is 4.79 Å². The molecule has 0 fully saturated rings. The highest BCUT2D eigenvalue weighted by molar-refractivity contribution is 6.31. The first-order chi connectivity index (χ1) is 12.1. The maximum Gasteiger partial charge on any atom is 0.239 e. The molecule has 0 unspecified atom stereocenters. The molecule has 0 saturated heterocycles. The lowest BCUT2D eigenvalue weighted by molar-refractivity contribution is -0.119. The number of benzene rings is 2. The van der Waals surface area contributed by atoms with Gasteiger partial charge in [-0.25, -0.2) is 4.98 Å². The van der Waals surface area contributed by atoms with E-state index < -0.39 is 0 Å². The highest BCUT2D eigenvalue weighted by atomic mass is 35.5. The average Bonchev–Trinajstić information content (AvgIpc) is 3.06. The zero-order valence-electron chi connectivity index (χ0n) is 13.9. The lowest BCUT2D eigenvalue weighted by Gasteiger charge is -2.09. The number of halogens is 1. The molecule has 0 spiro atoms. The molecule has 0 atom stereocenters. The van der Waals surface area contributed by atoms with Crippen LogP contribution in [0.2, 0.25) is 5.02 Å². The number of nitrogens with zero attached hydrogens (tertiary/aromatic N) is 2. The number of carbonyl (C=O) groups excluding carboxylic acids is 1. The van der Waals surface area contributed by atoms with E-state index in [1.807, 2.05) is 66.2 Å². The van der Waals surface area contributed by atoms with E-state index in [1.54, 1.807) is 6.33 Å². The van der Waals surface area contributed by atoms with Crippen molar-refractivity contribution in [3.63, 3.8) is 0 Å². The fourth-order valence-corrected chi connectivity index (χ4v) is 2.60. The smallest absolute Gasteiger partial charge is 0.239 e. The summed E-state index contributed by atoms with van der Waals surface area (Å²) in [5.74, 6) is -0.0887. The Kier molecular flexibility index (Phi) is 5.36. The maximum atomic E-state index is 12.0. The molecule has 2 N–H and O–H groups in total. The topological polar surface area (TPSA) is 59.0 Å². The number of anilines is 1. The maximum absolute atomic E-state index is 12.0. The Morgan fingerprint density at radius 2 is 1.92 bits per heavy atom. The van der Waals surface area contributed by atoms with Gasteiger partial charge < -0.3 is 15.2 Å². The molecule has 1 amide bonds. The molecule has 1 heterocycles. The van der Waals surface area contributed by atoms with Gasteiger partial charge in [0.2, 0.25) is 5.91 Å². The summed E-state index contributed by atoms with van der Waals surface area (Å²) in [7, 11) is 0. The van der Waals surface area contributed by atoms with Crippen LogP contribution in [0.1, 0.15) is 11.3 Å². The Bertz CT molecular complexity index is 858. The number of rotatable bonds is 6. The van der Waals surface area contributed by atoms with E-state index in [0.29, 0.717) is 11.6 Å². The number of nitrogens with one attached hydrogen (secondary N) is 2. The summed E-state index contributed by atoms with van der Waals surface area (Å²) < 4.78 is 1.95. The van der Waals surface area contributed by atoms with E-state index in [9.17, 15) is 4.79 Å². The van der Waals surface area contributed by atoms with Crippen LogP contribution in [-0.4, -0.2) is 22.0 Å². The summed E-state index contributed by atoms with van der Waals surface area (Å²) in [6, 6.07) is 15.3. The van der Waals surface area contributed by atoms with Crippen molar-refractivity contribution in [1.82, 2.24) is 14.9 Å². The van der Waals surface area contributed by atoms with Crippen molar-refractivity contribution in [3.8, 4) is 5.69 Å². The van der Waals surface area contributed by atoms with Crippen molar-refractivity contribution in [2.24, 2.45) is 0 Å². The molecular formula is C19H19ClN4O. The largest absolute Gasteiger partial charge is 0.376 e. The third-order valence-corrected chi connectivity index (χ3v) is 4.13. The predicted octanol–water partition coefficient (Wildman–Crippen LogP) is 3.56. The fraction of sp³-hybridized carbons (Fsp3) is 0.158. The second-order valence-electron chi connectivity index (χ2n) is 5.69. The summed E-state index contributed by atoms with van der Waals surface area (Å²) >= 11 is 6.07. The van der Waals surface area contributed by atoms with Gasteiger partial charge in [0.05, 0.1) is 18.6 Å². The predicted molar refractivity (Wildman–Crippen MR) is 100 cm³/mol. The minimum atomic E-state index is -0.0887. The van der Waals surface area contributed by atoms with Crippen LogP contribution in [0.3, 0.4) is 0 Å². The van der Waals surface area contributed by atoms with E-state index in [0.717, 1.165) is 22.6 Å². The Labute approximate surface area is 151 Å². The standard InChI is InChI=1S/C19H19ClN4O/c1-14-12-24(13-23-14)17-8-6-16(7-9-17)21-11-19(25)22-10-15-4-2-3-5-18(15)20/h2-9,12-13,21H,10-11H2,1H3,(H,22,25). The normalized spacial score (nSPS) is 10.5. The number of aromatic nitrogens is 2.